The molecule has 0 atom stereocenters. The Morgan fingerprint density at radius 2 is 2.07 bits per heavy atom. The second-order valence-electron chi connectivity index (χ2n) is 1.83. The van der Waals surface area contributed by atoms with Gasteiger partial charge in [-0.15, -0.1) is 11.3 Å². The fourth-order valence-corrected chi connectivity index (χ4v) is 1.18. The van der Waals surface area contributed by atoms with Gasteiger partial charge in [0, 0.05) is 5.38 Å². The largest absolute Gasteiger partial charge is 0.490 e. The first-order valence-electron chi connectivity index (χ1n) is 2.90. The number of nitrogen functional groups attached to an aromatic ring is 1. The first-order valence-corrected chi connectivity index (χ1v) is 4.57. The Bertz CT molecular complexity index is 298. The summed E-state index contributed by atoms with van der Waals surface area (Å²) in [5.74, 6) is -2.18. The van der Waals surface area contributed by atoms with Crippen molar-refractivity contribution in [3.8, 4) is 0 Å². The highest BCUT2D eigenvalue weighted by Crippen LogP contribution is 2.16. The van der Waals surface area contributed by atoms with Crippen molar-refractivity contribution < 1.29 is 23.1 Å². The number of aromatic nitrogens is 1. The average Bonchev–Trinajstić information content (AvgIpc) is 2.33. The van der Waals surface area contributed by atoms with E-state index < -0.39 is 12.1 Å². The van der Waals surface area contributed by atoms with E-state index in [-0.39, 0.29) is 0 Å². The number of nitrogens with zero attached hydrogens (tertiary/aromatic N) is 1. The summed E-state index contributed by atoms with van der Waals surface area (Å²) < 4.78 is 32.6. The maximum atomic E-state index is 10.6. The standard InChI is InChI=1S/C3H3BrN2S.C2HF3O2/c4-3-6-2(5)1-7-3;3-2(4,5)1(6)7/h1H,5H2;(H,6,7). The number of nitrogens with two attached hydrogens (primary N) is 1. The number of rotatable bonds is 0. The van der Waals surface area contributed by atoms with Crippen LogP contribution >= 0.6 is 27.3 Å². The molecule has 0 fully saturated rings. The quantitative estimate of drug-likeness (QED) is 0.768. The van der Waals surface area contributed by atoms with E-state index in [0.717, 1.165) is 3.92 Å². The minimum atomic E-state index is -5.08. The predicted octanol–water partition coefficient (Wildman–Crippen LogP) is 2.12. The summed E-state index contributed by atoms with van der Waals surface area (Å²) in [5.41, 5.74) is 5.25. The number of carbonyl (C=O) groups is 1. The molecule has 0 radical (unpaired) electrons. The second-order valence-corrected chi connectivity index (χ2v) is 3.96. The molecule has 3 N–H and O–H groups in total. The molecule has 4 nitrogen and oxygen atoms in total. The summed E-state index contributed by atoms with van der Waals surface area (Å²) >= 11 is 4.64. The zero-order valence-corrected chi connectivity index (χ0v) is 8.78. The van der Waals surface area contributed by atoms with Crippen LogP contribution in [0.5, 0.6) is 0 Å². The molecule has 0 aliphatic rings. The van der Waals surface area contributed by atoms with Gasteiger partial charge >= 0.3 is 12.1 Å². The van der Waals surface area contributed by atoms with Crippen LogP contribution in [0.25, 0.3) is 0 Å². The lowest BCUT2D eigenvalue weighted by molar-refractivity contribution is -0.192. The molecule has 0 unspecified atom stereocenters. The molecule has 1 aromatic heterocycles. The molecule has 0 spiro atoms. The van der Waals surface area contributed by atoms with E-state index in [4.69, 9.17) is 15.6 Å². The number of alkyl halides is 3. The summed E-state index contributed by atoms with van der Waals surface area (Å²) in [6.07, 6.45) is -5.08. The van der Waals surface area contributed by atoms with E-state index >= 15 is 0 Å². The van der Waals surface area contributed by atoms with Gasteiger partial charge in [0.25, 0.3) is 0 Å². The normalized spacial score (nSPS) is 10.3. The smallest absolute Gasteiger partial charge is 0.475 e. The minimum Gasteiger partial charge on any atom is -0.475 e. The molecule has 9 heteroatoms. The third kappa shape index (κ3) is 5.75. The number of aliphatic carboxylic acids is 1. The van der Waals surface area contributed by atoms with Crippen LogP contribution < -0.4 is 5.73 Å². The van der Waals surface area contributed by atoms with Crippen molar-refractivity contribution >= 4 is 39.1 Å². The molecular formula is C5H4BrF3N2O2S. The zero-order valence-electron chi connectivity index (χ0n) is 6.38. The molecule has 1 aromatic rings. The summed E-state index contributed by atoms with van der Waals surface area (Å²) in [7, 11) is 0. The van der Waals surface area contributed by atoms with Crippen molar-refractivity contribution in [1.82, 2.24) is 4.98 Å². The number of hydrogen-bond acceptors (Lipinski definition) is 4. The summed E-state index contributed by atoms with van der Waals surface area (Å²) in [4.78, 5) is 12.7. The molecular weight excluding hydrogens is 289 g/mol. The van der Waals surface area contributed by atoms with E-state index in [1.807, 2.05) is 0 Å². The third-order valence-corrected chi connectivity index (χ3v) is 2.12. The van der Waals surface area contributed by atoms with Gasteiger partial charge in [-0.3, -0.25) is 0 Å². The van der Waals surface area contributed by atoms with Crippen LogP contribution in [-0.4, -0.2) is 22.2 Å². The molecule has 14 heavy (non-hydrogen) atoms. The predicted molar refractivity (Wildman–Crippen MR) is 47.9 cm³/mol. The van der Waals surface area contributed by atoms with Crippen LogP contribution in [0.1, 0.15) is 0 Å². The average molecular weight is 293 g/mol. The van der Waals surface area contributed by atoms with Gasteiger partial charge in [0.2, 0.25) is 0 Å². The highest BCUT2D eigenvalue weighted by atomic mass is 79.9. The van der Waals surface area contributed by atoms with Crippen LogP contribution in [0.15, 0.2) is 9.30 Å². The highest BCUT2D eigenvalue weighted by Gasteiger charge is 2.38. The van der Waals surface area contributed by atoms with E-state index in [2.05, 4.69) is 20.9 Å². The Morgan fingerprint density at radius 3 is 2.14 bits per heavy atom. The minimum absolute atomic E-state index is 0.580. The first kappa shape index (κ1) is 13.2. The van der Waals surface area contributed by atoms with Crippen molar-refractivity contribution in [2.45, 2.75) is 6.18 Å². The SMILES string of the molecule is Nc1csc(Br)n1.O=C(O)C(F)(F)F. The monoisotopic (exact) mass is 292 g/mol. The van der Waals surface area contributed by atoms with Crippen molar-refractivity contribution in [3.63, 3.8) is 0 Å². The Morgan fingerprint density at radius 1 is 1.64 bits per heavy atom. The van der Waals surface area contributed by atoms with Crippen LogP contribution in [0.2, 0.25) is 0 Å². The van der Waals surface area contributed by atoms with Gasteiger partial charge in [-0.2, -0.15) is 13.2 Å². The molecule has 0 saturated heterocycles. The lowest BCUT2D eigenvalue weighted by Crippen LogP contribution is -2.21. The van der Waals surface area contributed by atoms with Crippen molar-refractivity contribution in [1.29, 1.82) is 0 Å². The third-order valence-electron chi connectivity index (χ3n) is 0.736. The van der Waals surface area contributed by atoms with Crippen LogP contribution in [-0.2, 0) is 4.79 Å². The number of halogens is 4. The zero-order chi connectivity index (χ0) is 11.4. The fraction of sp³-hybridized carbons (Fsp3) is 0.200. The van der Waals surface area contributed by atoms with Gasteiger partial charge in [-0.05, 0) is 15.9 Å². The maximum absolute atomic E-state index is 10.6. The molecule has 0 aromatic carbocycles. The molecule has 0 aliphatic carbocycles. The Hall–Kier alpha value is -0.830. The molecule has 1 rings (SSSR count). The number of anilines is 1. The topological polar surface area (TPSA) is 76.2 Å². The Labute approximate surface area is 88.7 Å². The lowest BCUT2D eigenvalue weighted by atomic mass is 10.7. The van der Waals surface area contributed by atoms with E-state index in [0.29, 0.717) is 5.82 Å². The van der Waals surface area contributed by atoms with Gasteiger partial charge < -0.3 is 10.8 Å². The van der Waals surface area contributed by atoms with Gasteiger partial charge in [0.05, 0.1) is 0 Å². The summed E-state index contributed by atoms with van der Waals surface area (Å²) in [5, 5.41) is 8.91. The van der Waals surface area contributed by atoms with Gasteiger partial charge in [0.1, 0.15) is 5.82 Å². The van der Waals surface area contributed by atoms with E-state index in [1.165, 1.54) is 11.3 Å². The number of carboxylic acids is 1. The number of carboxylic acid groups (broad SMARTS) is 1. The molecule has 0 bridgehead atoms. The van der Waals surface area contributed by atoms with Crippen LogP contribution in [0, 0.1) is 0 Å². The summed E-state index contributed by atoms with van der Waals surface area (Å²) in [6.45, 7) is 0. The maximum Gasteiger partial charge on any atom is 0.490 e. The van der Waals surface area contributed by atoms with E-state index in [1.54, 1.807) is 5.38 Å². The molecule has 0 aliphatic heterocycles. The van der Waals surface area contributed by atoms with Gasteiger partial charge in [-0.25, -0.2) is 9.78 Å². The van der Waals surface area contributed by atoms with Crippen LogP contribution in [0.4, 0.5) is 19.0 Å². The first-order chi connectivity index (χ1) is 6.23. The molecule has 0 amide bonds. The van der Waals surface area contributed by atoms with E-state index in [9.17, 15) is 13.2 Å². The van der Waals surface area contributed by atoms with Crippen molar-refractivity contribution in [2.24, 2.45) is 0 Å². The van der Waals surface area contributed by atoms with Gasteiger partial charge in [0.15, 0.2) is 3.92 Å². The number of thiazole rings is 1. The van der Waals surface area contributed by atoms with Crippen molar-refractivity contribution in [3.05, 3.63) is 9.30 Å². The second kappa shape index (κ2) is 5.15. The number of hydrogen-bond donors (Lipinski definition) is 2. The highest BCUT2D eigenvalue weighted by molar-refractivity contribution is 9.11. The Kier molecular flexibility index (Phi) is 4.85. The fourth-order valence-electron chi connectivity index (χ4n) is 0.263. The Balaban J connectivity index is 0.000000241. The molecule has 80 valence electrons. The molecule has 0 saturated carbocycles. The van der Waals surface area contributed by atoms with Gasteiger partial charge in [-0.1, -0.05) is 0 Å². The molecule has 1 heterocycles. The summed E-state index contributed by atoms with van der Waals surface area (Å²) in [6, 6.07) is 0. The lowest BCUT2D eigenvalue weighted by Gasteiger charge is -1.93. The van der Waals surface area contributed by atoms with Crippen LogP contribution in [0.3, 0.4) is 0 Å². The van der Waals surface area contributed by atoms with Crippen molar-refractivity contribution in [2.75, 3.05) is 5.73 Å².